The maximum atomic E-state index is 11.8. The van der Waals surface area contributed by atoms with Crippen molar-refractivity contribution in [1.29, 1.82) is 0 Å². The lowest BCUT2D eigenvalue weighted by atomic mass is 10.2. The van der Waals surface area contributed by atoms with Crippen LogP contribution in [0, 0.1) is 0 Å². The van der Waals surface area contributed by atoms with Gasteiger partial charge in [-0.05, 0) is 31.8 Å². The van der Waals surface area contributed by atoms with Gasteiger partial charge in [0.15, 0.2) is 0 Å². The lowest BCUT2D eigenvalue weighted by Crippen LogP contribution is -2.37. The Morgan fingerprint density at radius 1 is 1.71 bits per heavy atom. The summed E-state index contributed by atoms with van der Waals surface area (Å²) >= 11 is 1.84. The molecule has 0 radical (unpaired) electrons. The van der Waals surface area contributed by atoms with E-state index in [9.17, 15) is 4.79 Å². The molecule has 2 atom stereocenters. The summed E-state index contributed by atoms with van der Waals surface area (Å²) in [5, 5.41) is 3.23. The summed E-state index contributed by atoms with van der Waals surface area (Å²) in [4.78, 5) is 13.8. The molecular weight excluding hydrogens is 196 g/mol. The van der Waals surface area contributed by atoms with E-state index in [1.165, 1.54) is 0 Å². The molecule has 2 unspecified atom stereocenters. The molecule has 82 valence electrons. The molecule has 1 fully saturated rings. The third-order valence-corrected chi connectivity index (χ3v) is 3.41. The van der Waals surface area contributed by atoms with Gasteiger partial charge in [0, 0.05) is 6.04 Å². The van der Waals surface area contributed by atoms with Crippen LogP contribution >= 0.6 is 11.8 Å². The molecule has 3 nitrogen and oxygen atoms in total. The molecule has 1 N–H and O–H groups in total. The maximum absolute atomic E-state index is 11.8. The SMILES string of the molecule is CCC1NCN(C(C)CCSC)C1=O. The van der Waals surface area contributed by atoms with Crippen LogP contribution in [-0.4, -0.2) is 41.6 Å². The van der Waals surface area contributed by atoms with E-state index in [1.54, 1.807) is 0 Å². The second-order valence-electron chi connectivity index (χ2n) is 3.76. The van der Waals surface area contributed by atoms with Crippen LogP contribution in [0.4, 0.5) is 0 Å². The first kappa shape index (κ1) is 11.9. The van der Waals surface area contributed by atoms with E-state index in [1.807, 2.05) is 23.6 Å². The molecule has 1 saturated heterocycles. The normalized spacial score (nSPS) is 24.4. The summed E-state index contributed by atoms with van der Waals surface area (Å²) in [6, 6.07) is 0.436. The van der Waals surface area contributed by atoms with Gasteiger partial charge in [0.05, 0.1) is 12.7 Å². The second kappa shape index (κ2) is 5.61. The molecule has 1 aliphatic rings. The van der Waals surface area contributed by atoms with Gasteiger partial charge in [-0.2, -0.15) is 11.8 Å². The molecule has 0 aromatic carbocycles. The van der Waals surface area contributed by atoms with Crippen molar-refractivity contribution in [3.05, 3.63) is 0 Å². The van der Waals surface area contributed by atoms with Gasteiger partial charge in [-0.15, -0.1) is 0 Å². The minimum absolute atomic E-state index is 0.0618. The molecule has 1 rings (SSSR count). The number of nitrogens with one attached hydrogen (secondary N) is 1. The first-order valence-electron chi connectivity index (χ1n) is 5.23. The highest BCUT2D eigenvalue weighted by Gasteiger charge is 2.31. The molecule has 0 aromatic rings. The Bertz CT molecular complexity index is 199. The van der Waals surface area contributed by atoms with Crippen molar-refractivity contribution in [2.24, 2.45) is 0 Å². The average molecular weight is 216 g/mol. The van der Waals surface area contributed by atoms with Crippen LogP contribution in [0.1, 0.15) is 26.7 Å². The number of nitrogens with zero attached hydrogens (tertiary/aromatic N) is 1. The number of amides is 1. The smallest absolute Gasteiger partial charge is 0.241 e. The molecule has 14 heavy (non-hydrogen) atoms. The van der Waals surface area contributed by atoms with Crippen molar-refractivity contribution in [3.8, 4) is 0 Å². The summed E-state index contributed by atoms with van der Waals surface area (Å²) in [5.41, 5.74) is 0. The Labute approximate surface area is 90.6 Å². The Hall–Kier alpha value is -0.220. The number of carbonyl (C=O) groups is 1. The summed E-state index contributed by atoms with van der Waals surface area (Å²) in [6.45, 7) is 4.91. The van der Waals surface area contributed by atoms with Crippen molar-refractivity contribution in [2.45, 2.75) is 38.8 Å². The predicted molar refractivity (Wildman–Crippen MR) is 61.4 cm³/mol. The second-order valence-corrected chi connectivity index (χ2v) is 4.75. The molecule has 0 aromatic heterocycles. The van der Waals surface area contributed by atoms with Gasteiger partial charge in [-0.3, -0.25) is 10.1 Å². The molecule has 4 heteroatoms. The van der Waals surface area contributed by atoms with Crippen LogP contribution in [0.5, 0.6) is 0 Å². The molecular formula is C10H20N2OS. The molecule has 0 aliphatic carbocycles. The largest absolute Gasteiger partial charge is 0.326 e. The number of hydrogen-bond acceptors (Lipinski definition) is 3. The van der Waals surface area contributed by atoms with Gasteiger partial charge in [0.2, 0.25) is 5.91 Å². The van der Waals surface area contributed by atoms with Gasteiger partial charge in [0.25, 0.3) is 0 Å². The fourth-order valence-corrected chi connectivity index (χ4v) is 2.29. The van der Waals surface area contributed by atoms with Crippen molar-refractivity contribution >= 4 is 17.7 Å². The number of rotatable bonds is 5. The van der Waals surface area contributed by atoms with Gasteiger partial charge in [0.1, 0.15) is 0 Å². The minimum Gasteiger partial charge on any atom is -0.326 e. The highest BCUT2D eigenvalue weighted by atomic mass is 32.2. The van der Waals surface area contributed by atoms with E-state index in [0.29, 0.717) is 6.04 Å². The van der Waals surface area contributed by atoms with Crippen molar-refractivity contribution in [3.63, 3.8) is 0 Å². The van der Waals surface area contributed by atoms with Crippen LogP contribution in [0.2, 0.25) is 0 Å². The number of thioether (sulfide) groups is 1. The van der Waals surface area contributed by atoms with E-state index < -0.39 is 0 Å². The molecule has 1 aliphatic heterocycles. The number of carbonyl (C=O) groups excluding carboxylic acids is 1. The summed E-state index contributed by atoms with van der Waals surface area (Å²) < 4.78 is 0. The minimum atomic E-state index is 0.0618. The van der Waals surface area contributed by atoms with Gasteiger partial charge < -0.3 is 4.90 Å². The third-order valence-electron chi connectivity index (χ3n) is 2.77. The molecule has 1 heterocycles. The van der Waals surface area contributed by atoms with Gasteiger partial charge >= 0.3 is 0 Å². The number of hydrogen-bond donors (Lipinski definition) is 1. The summed E-state index contributed by atoms with van der Waals surface area (Å²) in [6.07, 6.45) is 4.08. The predicted octanol–water partition coefficient (Wildman–Crippen LogP) is 1.30. The van der Waals surface area contributed by atoms with Gasteiger partial charge in [-0.1, -0.05) is 6.92 Å². The van der Waals surface area contributed by atoms with E-state index in [0.717, 1.165) is 25.3 Å². The zero-order valence-corrected chi connectivity index (χ0v) is 10.1. The maximum Gasteiger partial charge on any atom is 0.241 e. The van der Waals surface area contributed by atoms with Crippen LogP contribution in [-0.2, 0) is 4.79 Å². The third kappa shape index (κ3) is 2.64. The summed E-state index contributed by atoms with van der Waals surface area (Å²) in [7, 11) is 0. The lowest BCUT2D eigenvalue weighted by molar-refractivity contribution is -0.130. The standard InChI is InChI=1S/C10H20N2OS/c1-4-9-10(13)12(7-11-9)8(2)5-6-14-3/h8-9,11H,4-7H2,1-3H3. The van der Waals surface area contributed by atoms with E-state index >= 15 is 0 Å². The fourth-order valence-electron chi connectivity index (χ4n) is 1.71. The zero-order valence-electron chi connectivity index (χ0n) is 9.25. The average Bonchev–Trinajstić information content (AvgIpc) is 2.56. The van der Waals surface area contributed by atoms with Crippen LogP contribution in [0.25, 0.3) is 0 Å². The van der Waals surface area contributed by atoms with Crippen molar-refractivity contribution in [1.82, 2.24) is 10.2 Å². The van der Waals surface area contributed by atoms with Crippen LogP contribution in [0.3, 0.4) is 0 Å². The van der Waals surface area contributed by atoms with Crippen molar-refractivity contribution < 1.29 is 4.79 Å². The molecule has 0 saturated carbocycles. The Morgan fingerprint density at radius 3 is 2.93 bits per heavy atom. The van der Waals surface area contributed by atoms with Crippen LogP contribution in [0.15, 0.2) is 0 Å². The fraction of sp³-hybridized carbons (Fsp3) is 0.900. The van der Waals surface area contributed by atoms with Gasteiger partial charge in [-0.25, -0.2) is 0 Å². The molecule has 0 bridgehead atoms. The van der Waals surface area contributed by atoms with Crippen LogP contribution < -0.4 is 5.32 Å². The quantitative estimate of drug-likeness (QED) is 0.752. The molecule has 1 amide bonds. The monoisotopic (exact) mass is 216 g/mol. The van der Waals surface area contributed by atoms with E-state index in [-0.39, 0.29) is 11.9 Å². The topological polar surface area (TPSA) is 32.3 Å². The first-order chi connectivity index (χ1) is 6.70. The highest BCUT2D eigenvalue weighted by molar-refractivity contribution is 7.98. The zero-order chi connectivity index (χ0) is 10.6. The Balaban J connectivity index is 2.41. The van der Waals surface area contributed by atoms with E-state index in [4.69, 9.17) is 0 Å². The Morgan fingerprint density at radius 2 is 2.43 bits per heavy atom. The lowest BCUT2D eigenvalue weighted by Gasteiger charge is -2.23. The van der Waals surface area contributed by atoms with Crippen molar-refractivity contribution in [2.75, 3.05) is 18.7 Å². The van der Waals surface area contributed by atoms with E-state index in [2.05, 4.69) is 18.5 Å². The molecule has 0 spiro atoms. The highest BCUT2D eigenvalue weighted by Crippen LogP contribution is 2.14. The Kier molecular flexibility index (Phi) is 4.75. The first-order valence-corrected chi connectivity index (χ1v) is 6.62. The summed E-state index contributed by atoms with van der Waals surface area (Å²) in [5.74, 6) is 1.41.